The van der Waals surface area contributed by atoms with Gasteiger partial charge in [-0.15, -0.1) is 0 Å². The summed E-state index contributed by atoms with van der Waals surface area (Å²) in [6.07, 6.45) is 2.79. The zero-order valence-electron chi connectivity index (χ0n) is 18.0. The van der Waals surface area contributed by atoms with Gasteiger partial charge in [0, 0.05) is 21.3 Å². The molecule has 2 N–H and O–H groups in total. The van der Waals surface area contributed by atoms with Crippen LogP contribution < -0.4 is 15.4 Å². The molecule has 9 heteroatoms. The predicted octanol–water partition coefficient (Wildman–Crippen LogP) is 8.15. The predicted molar refractivity (Wildman–Crippen MR) is 147 cm³/mol. The number of amides is 1. The number of rotatable bonds is 7. The highest BCUT2D eigenvalue weighted by Crippen LogP contribution is 2.38. The summed E-state index contributed by atoms with van der Waals surface area (Å²) in [4.78, 5) is 13.1. The fourth-order valence-electron chi connectivity index (χ4n) is 3.29. The van der Waals surface area contributed by atoms with E-state index in [1.165, 1.54) is 17.3 Å². The Kier molecular flexibility index (Phi) is 8.38. The minimum Gasteiger partial charge on any atom is -0.486 e. The number of anilines is 1. The van der Waals surface area contributed by atoms with Crippen LogP contribution in [0.4, 0.5) is 5.69 Å². The van der Waals surface area contributed by atoms with Crippen molar-refractivity contribution < 1.29 is 9.53 Å². The van der Waals surface area contributed by atoms with Gasteiger partial charge in [0.1, 0.15) is 6.61 Å². The van der Waals surface area contributed by atoms with Crippen molar-refractivity contribution in [2.24, 2.45) is 0 Å². The number of nitrogens with one attached hydrogen (secondary N) is 2. The molecule has 0 saturated carbocycles. The average Bonchev–Trinajstić information content (AvgIpc) is 3.13. The summed E-state index contributed by atoms with van der Waals surface area (Å²) in [6.45, 7) is 2.35. The Balaban J connectivity index is 1.44. The van der Waals surface area contributed by atoms with Crippen LogP contribution in [0.3, 0.4) is 0 Å². The molecule has 1 atom stereocenters. The number of carbonyl (C=O) groups excluding carboxylic acids is 1. The third kappa shape index (κ3) is 6.23. The number of hydrogen-bond donors (Lipinski definition) is 2. The lowest BCUT2D eigenvalue weighted by Crippen LogP contribution is -2.30. The van der Waals surface area contributed by atoms with E-state index < -0.39 is 0 Å². The maximum absolute atomic E-state index is 12.5. The number of aryl methyl sites for hydroxylation is 1. The number of halogens is 4. The van der Waals surface area contributed by atoms with E-state index >= 15 is 0 Å². The van der Waals surface area contributed by atoms with Gasteiger partial charge in [-0.1, -0.05) is 71.7 Å². The van der Waals surface area contributed by atoms with E-state index in [0.717, 1.165) is 23.2 Å². The molecule has 0 unspecified atom stereocenters. The van der Waals surface area contributed by atoms with Crippen LogP contribution in [0.25, 0.3) is 6.08 Å². The molecule has 3 aromatic rings. The zero-order chi connectivity index (χ0) is 24.2. The first kappa shape index (κ1) is 25.3. The first-order valence-corrected chi connectivity index (χ1v) is 13.2. The maximum Gasteiger partial charge on any atom is 0.260 e. The smallest absolute Gasteiger partial charge is 0.260 e. The van der Waals surface area contributed by atoms with E-state index in [-0.39, 0.29) is 18.0 Å². The van der Waals surface area contributed by atoms with Gasteiger partial charge in [0.25, 0.3) is 5.91 Å². The Labute approximate surface area is 226 Å². The molecule has 0 radical (unpaired) electrons. The number of thioether (sulfide) groups is 1. The first-order chi connectivity index (χ1) is 16.3. The van der Waals surface area contributed by atoms with Gasteiger partial charge in [-0.25, -0.2) is 0 Å². The number of benzene rings is 3. The number of carbonyl (C=O) groups is 1. The summed E-state index contributed by atoms with van der Waals surface area (Å²) in [5.74, 6) is 0.353. The highest BCUT2D eigenvalue weighted by atomic mass is 79.9. The Morgan fingerprint density at radius 1 is 1.09 bits per heavy atom. The second-order valence-corrected chi connectivity index (χ2v) is 10.8. The van der Waals surface area contributed by atoms with Crippen molar-refractivity contribution >= 4 is 80.2 Å². The molecule has 0 aromatic heterocycles. The quantitative estimate of drug-likeness (QED) is 0.270. The minimum atomic E-state index is -0.253. The first-order valence-electron chi connectivity index (χ1n) is 10.4. The molecule has 176 valence electrons. The molecule has 1 saturated heterocycles. The molecular formula is C25H20BrCl3N2O2S. The average molecular weight is 599 g/mol. The van der Waals surface area contributed by atoms with Crippen LogP contribution in [0, 0.1) is 0 Å². The third-order valence-corrected chi connectivity index (χ3v) is 7.58. The van der Waals surface area contributed by atoms with Crippen LogP contribution >= 0.6 is 62.5 Å². The molecule has 1 amide bonds. The molecule has 0 aliphatic carbocycles. The molecule has 0 spiro atoms. The van der Waals surface area contributed by atoms with E-state index in [1.54, 1.807) is 24.3 Å². The topological polar surface area (TPSA) is 50.4 Å². The van der Waals surface area contributed by atoms with Crippen LogP contribution in [0.15, 0.2) is 64.0 Å². The second-order valence-electron chi connectivity index (χ2n) is 7.51. The summed E-state index contributed by atoms with van der Waals surface area (Å²) in [5, 5.41) is 7.77. The van der Waals surface area contributed by atoms with Crippen molar-refractivity contribution in [2.75, 3.05) is 5.32 Å². The van der Waals surface area contributed by atoms with Crippen LogP contribution in [-0.4, -0.2) is 11.4 Å². The van der Waals surface area contributed by atoms with Crippen LogP contribution in [-0.2, 0) is 17.8 Å². The van der Waals surface area contributed by atoms with Crippen LogP contribution in [0.5, 0.6) is 5.75 Å². The van der Waals surface area contributed by atoms with Crippen molar-refractivity contribution in [1.29, 1.82) is 0 Å². The molecule has 1 fully saturated rings. The van der Waals surface area contributed by atoms with Crippen LogP contribution in [0.2, 0.25) is 15.1 Å². The minimum absolute atomic E-state index is 0.141. The maximum atomic E-state index is 12.5. The van der Waals surface area contributed by atoms with Crippen molar-refractivity contribution in [3.8, 4) is 5.75 Å². The van der Waals surface area contributed by atoms with E-state index in [9.17, 15) is 4.79 Å². The van der Waals surface area contributed by atoms with E-state index in [2.05, 4.69) is 45.6 Å². The lowest BCUT2D eigenvalue weighted by atomic mass is 10.1. The van der Waals surface area contributed by atoms with Gasteiger partial charge in [0.15, 0.2) is 11.2 Å². The van der Waals surface area contributed by atoms with E-state index in [0.29, 0.717) is 30.2 Å². The van der Waals surface area contributed by atoms with Gasteiger partial charge < -0.3 is 15.4 Å². The third-order valence-electron chi connectivity index (χ3n) is 5.10. The van der Waals surface area contributed by atoms with Gasteiger partial charge in [-0.2, -0.15) is 0 Å². The summed E-state index contributed by atoms with van der Waals surface area (Å²) < 4.78 is 6.57. The molecule has 1 heterocycles. The van der Waals surface area contributed by atoms with Gasteiger partial charge in [0.05, 0.1) is 14.4 Å². The van der Waals surface area contributed by atoms with Crippen molar-refractivity contribution in [3.05, 3.63) is 95.7 Å². The molecule has 4 rings (SSSR count). The monoisotopic (exact) mass is 596 g/mol. The van der Waals surface area contributed by atoms with Crippen molar-refractivity contribution in [3.63, 3.8) is 0 Å². The van der Waals surface area contributed by atoms with Gasteiger partial charge in [-0.3, -0.25) is 4.79 Å². The lowest BCUT2D eigenvalue weighted by Gasteiger charge is -2.13. The highest BCUT2D eigenvalue weighted by molar-refractivity contribution is 9.10. The van der Waals surface area contributed by atoms with Crippen molar-refractivity contribution in [1.82, 2.24) is 5.32 Å². The fourth-order valence-corrected chi connectivity index (χ4v) is 5.73. The molecule has 4 nitrogen and oxygen atoms in total. The summed E-state index contributed by atoms with van der Waals surface area (Å²) in [5.41, 5.74) is 3.53. The summed E-state index contributed by atoms with van der Waals surface area (Å²) >= 11 is 23.6. The Morgan fingerprint density at radius 3 is 2.53 bits per heavy atom. The largest absolute Gasteiger partial charge is 0.486 e. The molecule has 3 aromatic carbocycles. The van der Waals surface area contributed by atoms with Crippen LogP contribution in [0.1, 0.15) is 23.6 Å². The molecule has 1 aliphatic rings. The standard InChI is InChI=1S/C25H20BrCl3N2O2S/c1-2-14-3-7-18(8-4-14)30-25-31-24(32)22(34-25)11-15-9-19(26)23(21(29)10-15)33-13-16-5-6-17(27)12-20(16)28/h3-12,25,30H,2,13H2,1H3,(H,31,32)/b22-11-/t25-/m1/s1. The lowest BCUT2D eigenvalue weighted by molar-refractivity contribution is -0.116. The van der Waals surface area contributed by atoms with Gasteiger partial charge in [0.2, 0.25) is 0 Å². The Hall–Kier alpha value is -1.83. The number of ether oxygens (including phenoxy) is 1. The Morgan fingerprint density at radius 2 is 1.85 bits per heavy atom. The Bertz CT molecular complexity index is 1230. The van der Waals surface area contributed by atoms with Gasteiger partial charge >= 0.3 is 0 Å². The summed E-state index contributed by atoms with van der Waals surface area (Å²) in [6, 6.07) is 17.0. The molecular weight excluding hydrogens is 579 g/mol. The number of hydrogen-bond acceptors (Lipinski definition) is 4. The molecule has 0 bridgehead atoms. The highest BCUT2D eigenvalue weighted by Gasteiger charge is 2.27. The molecule has 34 heavy (non-hydrogen) atoms. The summed E-state index contributed by atoms with van der Waals surface area (Å²) in [7, 11) is 0. The van der Waals surface area contributed by atoms with Gasteiger partial charge in [-0.05, 0) is 76.0 Å². The second kappa shape index (κ2) is 11.3. The SMILES string of the molecule is CCc1ccc(N[C@@H]2NC(=O)/C(=C/c3cc(Cl)c(OCc4ccc(Cl)cc4Cl)c(Br)c3)S2)cc1. The van der Waals surface area contributed by atoms with Crippen molar-refractivity contribution in [2.45, 2.75) is 25.4 Å². The zero-order valence-corrected chi connectivity index (χ0v) is 22.7. The fraction of sp³-hybridized carbons (Fsp3) is 0.160. The van der Waals surface area contributed by atoms with E-state index in [4.69, 9.17) is 39.5 Å². The van der Waals surface area contributed by atoms with E-state index in [1.807, 2.05) is 24.3 Å². The molecule has 1 aliphatic heterocycles. The normalized spacial score (nSPS) is 16.6.